The molecule has 0 atom stereocenters. The number of hydrogen-bond donors (Lipinski definition) is 1. The summed E-state index contributed by atoms with van der Waals surface area (Å²) < 4.78 is 37.0. The van der Waals surface area contributed by atoms with E-state index in [2.05, 4.69) is 0 Å². The lowest BCUT2D eigenvalue weighted by Gasteiger charge is -2.24. The quantitative estimate of drug-likeness (QED) is 0.739. The van der Waals surface area contributed by atoms with Gasteiger partial charge in [-0.3, -0.25) is 9.10 Å². The molecule has 140 valence electrons. The van der Waals surface area contributed by atoms with Crippen molar-refractivity contribution in [2.75, 3.05) is 25.1 Å². The van der Waals surface area contributed by atoms with E-state index in [1.807, 2.05) is 0 Å². The maximum Gasteiger partial charge on any atom is 0.324 e. The first kappa shape index (κ1) is 20.2. The summed E-state index contributed by atoms with van der Waals surface area (Å²) in [5, 5.41) is 9.42. The summed E-state index contributed by atoms with van der Waals surface area (Å²) in [4.78, 5) is 11.1. The van der Waals surface area contributed by atoms with Crippen LogP contribution in [0.3, 0.4) is 0 Å². The van der Waals surface area contributed by atoms with Gasteiger partial charge in [0.05, 0.1) is 29.8 Å². The molecule has 0 spiro atoms. The monoisotopic (exact) mass is 419 g/mol. The summed E-state index contributed by atoms with van der Waals surface area (Å²) in [6, 6.07) is 8.06. The number of carboxylic acids is 1. The second kappa shape index (κ2) is 8.03. The number of benzene rings is 2. The van der Waals surface area contributed by atoms with Crippen LogP contribution in [0.5, 0.6) is 11.5 Å². The van der Waals surface area contributed by atoms with Gasteiger partial charge in [0.1, 0.15) is 6.54 Å². The highest BCUT2D eigenvalue weighted by Crippen LogP contribution is 2.35. The first-order valence-electron chi connectivity index (χ1n) is 7.12. The standard InChI is InChI=1S/C16H15Cl2NO6S/c1-24-14-6-4-11(8-15(14)25-2)26(22,23)19(9-16(20)21)13-7-10(17)3-5-12(13)18/h3-8H,9H2,1-2H3,(H,20,21). The molecule has 0 unspecified atom stereocenters. The molecule has 0 aliphatic rings. The number of sulfonamides is 1. The Balaban J connectivity index is 2.63. The number of hydrogen-bond acceptors (Lipinski definition) is 5. The van der Waals surface area contributed by atoms with Crippen molar-refractivity contribution in [2.24, 2.45) is 0 Å². The number of aliphatic carboxylic acids is 1. The van der Waals surface area contributed by atoms with Gasteiger partial charge in [0, 0.05) is 11.1 Å². The summed E-state index contributed by atoms with van der Waals surface area (Å²) >= 11 is 12.0. The molecule has 7 nitrogen and oxygen atoms in total. The Morgan fingerprint density at radius 2 is 1.73 bits per heavy atom. The fraction of sp³-hybridized carbons (Fsp3) is 0.188. The van der Waals surface area contributed by atoms with Gasteiger partial charge in [-0.1, -0.05) is 23.2 Å². The lowest BCUT2D eigenvalue weighted by molar-refractivity contribution is -0.135. The molecule has 1 N–H and O–H groups in total. The average Bonchev–Trinajstić information content (AvgIpc) is 2.60. The molecule has 26 heavy (non-hydrogen) atoms. The van der Waals surface area contributed by atoms with Crippen molar-refractivity contribution < 1.29 is 27.8 Å². The third-order valence-electron chi connectivity index (χ3n) is 3.40. The molecule has 2 rings (SSSR count). The van der Waals surface area contributed by atoms with E-state index in [-0.39, 0.29) is 26.4 Å². The summed E-state index contributed by atoms with van der Waals surface area (Å²) in [5.74, 6) is -0.844. The highest BCUT2D eigenvalue weighted by Gasteiger charge is 2.29. The number of nitrogens with zero attached hydrogens (tertiary/aromatic N) is 1. The smallest absolute Gasteiger partial charge is 0.324 e. The van der Waals surface area contributed by atoms with Gasteiger partial charge in [-0.15, -0.1) is 0 Å². The summed E-state index contributed by atoms with van der Waals surface area (Å²) in [5.41, 5.74) is -0.0450. The molecule has 0 aromatic heterocycles. The van der Waals surface area contributed by atoms with Crippen LogP contribution in [0, 0.1) is 0 Å². The Labute approximate surface area is 160 Å². The fourth-order valence-corrected chi connectivity index (χ4v) is 4.08. The third-order valence-corrected chi connectivity index (χ3v) is 5.71. The fourth-order valence-electron chi connectivity index (χ4n) is 2.20. The van der Waals surface area contributed by atoms with Gasteiger partial charge >= 0.3 is 5.97 Å². The molecule has 2 aromatic rings. The number of methoxy groups -OCH3 is 2. The van der Waals surface area contributed by atoms with Gasteiger partial charge in [-0.2, -0.15) is 0 Å². The van der Waals surface area contributed by atoms with Gasteiger partial charge in [0.15, 0.2) is 11.5 Å². The number of halogens is 2. The molecule has 0 saturated carbocycles. The first-order valence-corrected chi connectivity index (χ1v) is 9.32. The largest absolute Gasteiger partial charge is 0.493 e. The first-order chi connectivity index (χ1) is 12.2. The van der Waals surface area contributed by atoms with Gasteiger partial charge in [-0.25, -0.2) is 8.42 Å². The topological polar surface area (TPSA) is 93.1 Å². The van der Waals surface area contributed by atoms with E-state index < -0.39 is 22.5 Å². The van der Waals surface area contributed by atoms with E-state index in [1.54, 1.807) is 0 Å². The van der Waals surface area contributed by atoms with E-state index in [1.165, 1.54) is 50.6 Å². The summed E-state index contributed by atoms with van der Waals surface area (Å²) in [6.45, 7) is -0.837. The van der Waals surface area contributed by atoms with Crippen LogP contribution in [0.4, 0.5) is 5.69 Å². The highest BCUT2D eigenvalue weighted by atomic mass is 35.5. The van der Waals surface area contributed by atoms with E-state index in [4.69, 9.17) is 32.7 Å². The van der Waals surface area contributed by atoms with Crippen LogP contribution < -0.4 is 13.8 Å². The van der Waals surface area contributed by atoms with Crippen LogP contribution in [0.1, 0.15) is 0 Å². The van der Waals surface area contributed by atoms with Gasteiger partial charge < -0.3 is 14.6 Å². The predicted octanol–water partition coefficient (Wildman–Crippen LogP) is 3.29. The number of carbonyl (C=O) groups is 1. The van der Waals surface area contributed by atoms with Crippen molar-refractivity contribution in [2.45, 2.75) is 4.90 Å². The van der Waals surface area contributed by atoms with Crippen molar-refractivity contribution in [3.63, 3.8) is 0 Å². The highest BCUT2D eigenvalue weighted by molar-refractivity contribution is 7.92. The number of anilines is 1. The van der Waals surface area contributed by atoms with E-state index in [9.17, 15) is 18.3 Å². The Hall–Kier alpha value is -2.16. The van der Waals surface area contributed by atoms with Gasteiger partial charge in [-0.05, 0) is 30.3 Å². The van der Waals surface area contributed by atoms with Crippen LogP contribution in [0.2, 0.25) is 10.0 Å². The third kappa shape index (κ3) is 4.14. The zero-order chi connectivity index (χ0) is 19.5. The van der Waals surface area contributed by atoms with Crippen molar-refractivity contribution in [1.82, 2.24) is 0 Å². The minimum atomic E-state index is -4.27. The lowest BCUT2D eigenvalue weighted by atomic mass is 10.3. The second-order valence-corrected chi connectivity index (χ2v) is 7.72. The zero-order valence-corrected chi connectivity index (χ0v) is 16.1. The Bertz CT molecular complexity index is 932. The normalized spacial score (nSPS) is 11.1. The van der Waals surface area contributed by atoms with Gasteiger partial charge in [0.25, 0.3) is 10.0 Å². The molecule has 0 bridgehead atoms. The van der Waals surface area contributed by atoms with Crippen LogP contribution in [-0.4, -0.2) is 40.3 Å². The van der Waals surface area contributed by atoms with Crippen LogP contribution in [-0.2, 0) is 14.8 Å². The molecule has 0 heterocycles. The number of carboxylic acid groups (broad SMARTS) is 1. The number of ether oxygens (including phenoxy) is 2. The molecule has 0 aliphatic heterocycles. The zero-order valence-electron chi connectivity index (χ0n) is 13.8. The Morgan fingerprint density at radius 3 is 2.31 bits per heavy atom. The maximum absolute atomic E-state index is 13.1. The summed E-state index contributed by atoms with van der Waals surface area (Å²) in [7, 11) is -1.50. The maximum atomic E-state index is 13.1. The SMILES string of the molecule is COc1ccc(S(=O)(=O)N(CC(=O)O)c2cc(Cl)ccc2Cl)cc1OC. The lowest BCUT2D eigenvalue weighted by Crippen LogP contribution is -2.36. The molecule has 0 radical (unpaired) electrons. The van der Waals surface area contributed by atoms with Crippen molar-refractivity contribution in [3.05, 3.63) is 46.4 Å². The van der Waals surface area contributed by atoms with Crippen LogP contribution >= 0.6 is 23.2 Å². The minimum absolute atomic E-state index is 0.0414. The van der Waals surface area contributed by atoms with Crippen molar-refractivity contribution in [3.8, 4) is 11.5 Å². The Morgan fingerprint density at radius 1 is 1.08 bits per heavy atom. The molecule has 2 aromatic carbocycles. The number of rotatable bonds is 7. The molecule has 0 saturated heterocycles. The molecule has 0 amide bonds. The van der Waals surface area contributed by atoms with Crippen LogP contribution in [0.25, 0.3) is 0 Å². The van der Waals surface area contributed by atoms with Crippen molar-refractivity contribution in [1.29, 1.82) is 0 Å². The van der Waals surface area contributed by atoms with E-state index in [0.717, 1.165) is 0 Å². The molecule has 0 fully saturated rings. The molecule has 0 aliphatic carbocycles. The molecular formula is C16H15Cl2NO6S. The van der Waals surface area contributed by atoms with Crippen molar-refractivity contribution >= 4 is 44.9 Å². The predicted molar refractivity (Wildman–Crippen MR) is 98.2 cm³/mol. The second-order valence-electron chi connectivity index (χ2n) is 5.02. The van der Waals surface area contributed by atoms with Gasteiger partial charge in [0.2, 0.25) is 0 Å². The molecular weight excluding hydrogens is 405 g/mol. The Kier molecular flexibility index (Phi) is 6.22. The van der Waals surface area contributed by atoms with Crippen LogP contribution in [0.15, 0.2) is 41.3 Å². The molecule has 10 heteroatoms. The summed E-state index contributed by atoms with van der Waals surface area (Å²) in [6.07, 6.45) is 0. The van der Waals surface area contributed by atoms with E-state index in [0.29, 0.717) is 10.1 Å². The average molecular weight is 420 g/mol. The minimum Gasteiger partial charge on any atom is -0.493 e. The van der Waals surface area contributed by atoms with E-state index >= 15 is 0 Å².